The van der Waals surface area contributed by atoms with E-state index in [-0.39, 0.29) is 0 Å². The van der Waals surface area contributed by atoms with Crippen LogP contribution in [0.5, 0.6) is 0 Å². The van der Waals surface area contributed by atoms with E-state index in [1.54, 1.807) is 6.07 Å². The summed E-state index contributed by atoms with van der Waals surface area (Å²) in [4.78, 5) is 10.5. The van der Waals surface area contributed by atoms with Crippen LogP contribution < -0.4 is 11.5 Å². The molecule has 1 aromatic rings. The Kier molecular flexibility index (Phi) is 3.38. The number of anilines is 1. The molecule has 0 atom stereocenters. The highest BCUT2D eigenvalue weighted by Gasteiger charge is 2.03. The average molecular weight is 231 g/mol. The number of hydrogen-bond donors (Lipinski definition) is 2. The number of amides is 1. The lowest BCUT2D eigenvalue weighted by molar-refractivity contribution is -0.113. The molecule has 14 heavy (non-hydrogen) atoms. The second kappa shape index (κ2) is 4.35. The molecule has 0 radical (unpaired) electrons. The van der Waals surface area contributed by atoms with Crippen LogP contribution in [-0.2, 0) is 4.79 Å². The zero-order valence-electron chi connectivity index (χ0n) is 7.13. The van der Waals surface area contributed by atoms with Crippen molar-refractivity contribution in [2.45, 2.75) is 0 Å². The fraction of sp³-hybridized carbons (Fsp3) is 0. The Morgan fingerprint density at radius 3 is 2.57 bits per heavy atom. The van der Waals surface area contributed by atoms with Crippen molar-refractivity contribution in [2.75, 3.05) is 5.73 Å². The van der Waals surface area contributed by atoms with E-state index < -0.39 is 5.91 Å². The summed E-state index contributed by atoms with van der Waals surface area (Å²) in [6.45, 7) is 0. The van der Waals surface area contributed by atoms with Crippen LogP contribution in [0.25, 0.3) is 6.08 Å². The Hall–Kier alpha value is -1.19. The molecular formula is C9H8Cl2N2O. The lowest BCUT2D eigenvalue weighted by Crippen LogP contribution is -2.05. The quantitative estimate of drug-likeness (QED) is 0.604. The maximum absolute atomic E-state index is 10.5. The number of carbonyl (C=O) groups excluding carboxylic acids is 1. The highest BCUT2D eigenvalue weighted by molar-refractivity contribution is 6.36. The summed E-state index contributed by atoms with van der Waals surface area (Å²) < 4.78 is 0. The van der Waals surface area contributed by atoms with Crippen LogP contribution in [0.2, 0.25) is 10.0 Å². The minimum Gasteiger partial charge on any atom is -0.397 e. The molecule has 1 rings (SSSR count). The molecule has 3 nitrogen and oxygen atoms in total. The lowest BCUT2D eigenvalue weighted by Gasteiger charge is -2.03. The van der Waals surface area contributed by atoms with Gasteiger partial charge in [-0.15, -0.1) is 0 Å². The molecule has 0 heterocycles. The van der Waals surface area contributed by atoms with Gasteiger partial charge in [0.2, 0.25) is 5.91 Å². The molecule has 0 aliphatic carbocycles. The molecule has 0 spiro atoms. The van der Waals surface area contributed by atoms with E-state index in [1.165, 1.54) is 18.2 Å². The second-order valence-corrected chi connectivity index (χ2v) is 3.47. The molecule has 74 valence electrons. The first-order chi connectivity index (χ1) is 6.50. The third kappa shape index (κ3) is 2.65. The zero-order valence-corrected chi connectivity index (χ0v) is 8.64. The van der Waals surface area contributed by atoms with Crippen molar-refractivity contribution in [3.63, 3.8) is 0 Å². The molecule has 1 aromatic carbocycles. The van der Waals surface area contributed by atoms with Crippen LogP contribution in [0, 0.1) is 0 Å². The van der Waals surface area contributed by atoms with Crippen molar-refractivity contribution in [3.8, 4) is 0 Å². The standard InChI is InChI=1S/C9H8Cl2N2O/c10-6-3-5(1-2-8(12)14)9(13)7(11)4-6/h1-4H,13H2,(H2,12,14). The minimum atomic E-state index is -0.555. The van der Waals surface area contributed by atoms with Crippen LogP contribution in [-0.4, -0.2) is 5.91 Å². The van der Waals surface area contributed by atoms with Crippen LogP contribution in [0.15, 0.2) is 18.2 Å². The van der Waals surface area contributed by atoms with Crippen molar-refractivity contribution in [1.82, 2.24) is 0 Å². The predicted molar refractivity (Wildman–Crippen MR) is 59.1 cm³/mol. The average Bonchev–Trinajstić information content (AvgIpc) is 2.08. The summed E-state index contributed by atoms with van der Waals surface area (Å²) in [5.41, 5.74) is 11.5. The Bertz CT molecular complexity index is 402. The molecule has 0 aliphatic rings. The molecule has 0 unspecified atom stereocenters. The first-order valence-corrected chi connectivity index (χ1v) is 4.48. The van der Waals surface area contributed by atoms with Gasteiger partial charge in [0.05, 0.1) is 10.7 Å². The largest absolute Gasteiger partial charge is 0.397 e. The summed E-state index contributed by atoms with van der Waals surface area (Å²) in [5.74, 6) is -0.555. The van der Waals surface area contributed by atoms with Crippen molar-refractivity contribution in [1.29, 1.82) is 0 Å². The lowest BCUT2D eigenvalue weighted by atomic mass is 10.1. The third-order valence-corrected chi connectivity index (χ3v) is 2.08. The highest BCUT2D eigenvalue weighted by atomic mass is 35.5. The van der Waals surface area contributed by atoms with E-state index in [4.69, 9.17) is 34.7 Å². The van der Waals surface area contributed by atoms with Gasteiger partial charge in [0, 0.05) is 16.7 Å². The van der Waals surface area contributed by atoms with Gasteiger partial charge >= 0.3 is 0 Å². The van der Waals surface area contributed by atoms with Gasteiger partial charge in [-0.1, -0.05) is 23.2 Å². The van der Waals surface area contributed by atoms with Crippen molar-refractivity contribution in [2.24, 2.45) is 5.73 Å². The summed E-state index contributed by atoms with van der Waals surface area (Å²) in [5, 5.41) is 0.801. The molecule has 5 heteroatoms. The van der Waals surface area contributed by atoms with Crippen LogP contribution in [0.4, 0.5) is 5.69 Å². The van der Waals surface area contributed by atoms with Crippen LogP contribution >= 0.6 is 23.2 Å². The van der Waals surface area contributed by atoms with Crippen LogP contribution in [0.1, 0.15) is 5.56 Å². The van der Waals surface area contributed by atoms with E-state index >= 15 is 0 Å². The fourth-order valence-electron chi connectivity index (χ4n) is 0.914. The molecule has 0 bridgehead atoms. The summed E-state index contributed by atoms with van der Waals surface area (Å²) in [7, 11) is 0. The molecule has 4 N–H and O–H groups in total. The smallest absolute Gasteiger partial charge is 0.241 e. The third-order valence-electron chi connectivity index (χ3n) is 1.55. The fourth-order valence-corrected chi connectivity index (χ4v) is 1.42. The van der Waals surface area contributed by atoms with Gasteiger partial charge in [-0.3, -0.25) is 4.79 Å². The molecular weight excluding hydrogens is 223 g/mol. The Balaban J connectivity index is 3.14. The van der Waals surface area contributed by atoms with Crippen molar-refractivity contribution in [3.05, 3.63) is 33.8 Å². The first kappa shape index (κ1) is 10.9. The number of nitrogen functional groups attached to an aromatic ring is 1. The number of carbonyl (C=O) groups is 1. The monoisotopic (exact) mass is 230 g/mol. The Labute approximate surface area is 91.3 Å². The highest BCUT2D eigenvalue weighted by Crippen LogP contribution is 2.28. The van der Waals surface area contributed by atoms with Gasteiger partial charge in [0.25, 0.3) is 0 Å². The van der Waals surface area contributed by atoms with Gasteiger partial charge < -0.3 is 11.5 Å². The second-order valence-electron chi connectivity index (χ2n) is 2.63. The van der Waals surface area contributed by atoms with Crippen molar-refractivity contribution < 1.29 is 4.79 Å². The molecule has 0 aromatic heterocycles. The summed E-state index contributed by atoms with van der Waals surface area (Å²) >= 11 is 11.5. The molecule has 0 aliphatic heterocycles. The number of nitrogens with two attached hydrogens (primary N) is 2. The van der Waals surface area contributed by atoms with Gasteiger partial charge in [-0.05, 0) is 18.2 Å². The summed E-state index contributed by atoms with van der Waals surface area (Å²) in [6.07, 6.45) is 2.66. The number of hydrogen-bond acceptors (Lipinski definition) is 2. The maximum Gasteiger partial charge on any atom is 0.241 e. The number of halogens is 2. The number of benzene rings is 1. The van der Waals surface area contributed by atoms with Gasteiger partial charge in [-0.2, -0.15) is 0 Å². The van der Waals surface area contributed by atoms with E-state index in [9.17, 15) is 4.79 Å². The SMILES string of the molecule is NC(=O)C=Cc1cc(Cl)cc(Cl)c1N. The van der Waals surface area contributed by atoms with Crippen molar-refractivity contribution >= 4 is 40.9 Å². The Morgan fingerprint density at radius 2 is 2.00 bits per heavy atom. The number of primary amides is 1. The maximum atomic E-state index is 10.5. The van der Waals surface area contributed by atoms with Gasteiger partial charge in [0.15, 0.2) is 0 Å². The predicted octanol–water partition coefficient (Wildman–Crippen LogP) is 2.07. The van der Waals surface area contributed by atoms with Gasteiger partial charge in [0.1, 0.15) is 0 Å². The van der Waals surface area contributed by atoms with Crippen LogP contribution in [0.3, 0.4) is 0 Å². The van der Waals surface area contributed by atoms with Gasteiger partial charge in [-0.25, -0.2) is 0 Å². The normalized spacial score (nSPS) is 10.7. The molecule has 0 saturated heterocycles. The van der Waals surface area contributed by atoms with E-state index in [2.05, 4.69) is 0 Å². The number of rotatable bonds is 2. The first-order valence-electron chi connectivity index (χ1n) is 3.72. The van der Waals surface area contributed by atoms with E-state index in [1.807, 2.05) is 0 Å². The zero-order chi connectivity index (χ0) is 10.7. The topological polar surface area (TPSA) is 69.1 Å². The molecule has 0 fully saturated rings. The molecule has 0 saturated carbocycles. The summed E-state index contributed by atoms with van der Waals surface area (Å²) in [6, 6.07) is 3.13. The molecule has 1 amide bonds. The van der Waals surface area contributed by atoms with E-state index in [0.717, 1.165) is 0 Å². The Morgan fingerprint density at radius 1 is 1.36 bits per heavy atom. The minimum absolute atomic E-state index is 0.349. The van der Waals surface area contributed by atoms with E-state index in [0.29, 0.717) is 21.3 Å².